The van der Waals surface area contributed by atoms with Crippen molar-refractivity contribution in [1.82, 2.24) is 9.13 Å². The van der Waals surface area contributed by atoms with Gasteiger partial charge in [-0.1, -0.05) is 115 Å². The van der Waals surface area contributed by atoms with Crippen LogP contribution in [0.5, 0.6) is 0 Å². The van der Waals surface area contributed by atoms with Gasteiger partial charge >= 0.3 is 0 Å². The van der Waals surface area contributed by atoms with E-state index >= 15 is 0 Å². The highest BCUT2D eigenvalue weighted by Gasteiger charge is 2.19. The molecular formula is C48H30N2O. The fourth-order valence-corrected chi connectivity index (χ4v) is 7.69. The van der Waals surface area contributed by atoms with Crippen molar-refractivity contribution in [2.24, 2.45) is 0 Å². The van der Waals surface area contributed by atoms with Crippen LogP contribution in [0.15, 0.2) is 186 Å². The predicted octanol–water partition coefficient (Wildman–Crippen LogP) is 13.1. The van der Waals surface area contributed by atoms with Gasteiger partial charge in [-0.3, -0.25) is 0 Å². The lowest BCUT2D eigenvalue weighted by molar-refractivity contribution is 0.668. The molecule has 3 nitrogen and oxygen atoms in total. The molecule has 0 spiro atoms. The first-order chi connectivity index (χ1) is 28.2. The zero-order valence-corrected chi connectivity index (χ0v) is 27.1. The van der Waals surface area contributed by atoms with E-state index in [1.54, 1.807) is 16.7 Å². The van der Waals surface area contributed by atoms with E-state index in [9.17, 15) is 4.11 Å². The highest BCUT2D eigenvalue weighted by Crippen LogP contribution is 2.42. The molecule has 0 aliphatic carbocycles. The molecule has 3 heterocycles. The van der Waals surface area contributed by atoms with E-state index < -0.39 is 12.1 Å². The number of hydrogen-bond acceptors (Lipinski definition) is 1. The normalized spacial score (nSPS) is 13.8. The third kappa shape index (κ3) is 4.19. The molecule has 0 unspecified atom stereocenters. The van der Waals surface area contributed by atoms with Gasteiger partial charge in [0.05, 0.1) is 31.7 Å². The standard InChI is InChI=1S/C48H30N2O/c1-3-12-31(13-4-1)36-18-11-19-40-42-29-33(32-22-26-44-41(28-32)37-16-7-9-20-43(37)49(44)34-14-5-2-6-15-34)23-27-45(42)50(48(36)40)35-24-25-39-38-17-8-10-21-46(38)51-47(39)30-35/h1-30H/i7D,9D,16D,20D,22D,26D,28D. The van der Waals surface area contributed by atoms with Crippen LogP contribution in [0.4, 0.5) is 0 Å². The molecule has 0 radical (unpaired) electrons. The summed E-state index contributed by atoms with van der Waals surface area (Å²) in [4.78, 5) is 0. The minimum Gasteiger partial charge on any atom is -0.456 e. The molecule has 238 valence electrons. The third-order valence-electron chi connectivity index (χ3n) is 9.95. The van der Waals surface area contributed by atoms with Crippen LogP contribution >= 0.6 is 0 Å². The Morgan fingerprint density at radius 3 is 2.08 bits per heavy atom. The number of furan rings is 1. The SMILES string of the molecule is [2H]c1c([2H])c([2H])c2c(c1[2H])c1c([2H])c(-c3ccc4c(c3)c3cccc(-c5ccccc5)c3n4-c3ccc4c(c3)oc3ccccc34)c([2H])c([2H])c1n2-c1ccccc1. The van der Waals surface area contributed by atoms with E-state index in [1.165, 1.54) is 0 Å². The second-order valence-electron chi connectivity index (χ2n) is 12.8. The van der Waals surface area contributed by atoms with Crippen molar-refractivity contribution in [3.05, 3.63) is 182 Å². The lowest BCUT2D eigenvalue weighted by atomic mass is 9.99. The lowest BCUT2D eigenvalue weighted by Gasteiger charge is -2.12. The number of para-hydroxylation sites is 4. The average Bonchev–Trinajstić information content (AvgIpc) is 3.93. The smallest absolute Gasteiger partial charge is 0.137 e. The molecule has 11 rings (SSSR count). The van der Waals surface area contributed by atoms with Crippen molar-refractivity contribution in [2.45, 2.75) is 0 Å². The van der Waals surface area contributed by atoms with Crippen LogP contribution in [0.25, 0.3) is 99.2 Å². The molecule has 11 aromatic rings. The molecule has 51 heavy (non-hydrogen) atoms. The van der Waals surface area contributed by atoms with Crippen molar-refractivity contribution < 1.29 is 14.0 Å². The Hall–Kier alpha value is -6.84. The van der Waals surface area contributed by atoms with Crippen molar-refractivity contribution >= 4 is 65.6 Å². The van der Waals surface area contributed by atoms with Crippen molar-refractivity contribution in [3.8, 4) is 33.6 Å². The Kier molecular flexibility index (Phi) is 4.67. The second-order valence-corrected chi connectivity index (χ2v) is 12.8. The molecular weight excluding hydrogens is 621 g/mol. The van der Waals surface area contributed by atoms with Crippen molar-refractivity contribution in [1.29, 1.82) is 0 Å². The number of benzene rings is 8. The molecule has 0 fully saturated rings. The zero-order valence-electron chi connectivity index (χ0n) is 34.1. The van der Waals surface area contributed by atoms with Crippen molar-refractivity contribution in [3.63, 3.8) is 0 Å². The van der Waals surface area contributed by atoms with E-state index in [-0.39, 0.29) is 57.6 Å². The van der Waals surface area contributed by atoms with Gasteiger partial charge < -0.3 is 13.6 Å². The van der Waals surface area contributed by atoms with Crippen LogP contribution in [0.2, 0.25) is 0 Å². The van der Waals surface area contributed by atoms with Gasteiger partial charge in [0.15, 0.2) is 0 Å². The van der Waals surface area contributed by atoms with Gasteiger partial charge in [-0.25, -0.2) is 0 Å². The summed E-state index contributed by atoms with van der Waals surface area (Å²) in [5.74, 6) is 0. The molecule has 0 bridgehead atoms. The van der Waals surface area contributed by atoms with Crippen LogP contribution in [0.3, 0.4) is 0 Å². The fraction of sp³-hybridized carbons (Fsp3) is 0. The van der Waals surface area contributed by atoms with Gasteiger partial charge in [0.25, 0.3) is 0 Å². The summed E-state index contributed by atoms with van der Waals surface area (Å²) in [6.45, 7) is 0. The van der Waals surface area contributed by atoms with E-state index in [0.29, 0.717) is 11.3 Å². The van der Waals surface area contributed by atoms with Gasteiger partial charge in [-0.15, -0.1) is 0 Å². The Morgan fingerprint density at radius 1 is 0.412 bits per heavy atom. The van der Waals surface area contributed by atoms with E-state index in [2.05, 4.69) is 53.1 Å². The fourth-order valence-electron chi connectivity index (χ4n) is 7.69. The third-order valence-corrected chi connectivity index (χ3v) is 9.95. The molecule has 0 amide bonds. The number of rotatable bonds is 4. The maximum Gasteiger partial charge on any atom is 0.137 e. The molecule has 0 saturated carbocycles. The highest BCUT2D eigenvalue weighted by atomic mass is 16.3. The Labute approximate surface area is 303 Å². The Balaban J connectivity index is 1.23. The number of nitrogens with zero attached hydrogens (tertiary/aromatic N) is 2. The first kappa shape index (κ1) is 22.0. The predicted molar refractivity (Wildman–Crippen MR) is 213 cm³/mol. The summed E-state index contributed by atoms with van der Waals surface area (Å²) in [5.41, 5.74) is 8.13. The molecule has 0 atom stereocenters. The molecule has 0 aliphatic heterocycles. The summed E-state index contributed by atoms with van der Waals surface area (Å²) >= 11 is 0. The maximum atomic E-state index is 9.76. The molecule has 3 aromatic heterocycles. The number of hydrogen-bond donors (Lipinski definition) is 0. The molecule has 3 heteroatoms. The van der Waals surface area contributed by atoms with Crippen molar-refractivity contribution in [2.75, 3.05) is 0 Å². The van der Waals surface area contributed by atoms with E-state index in [1.807, 2.05) is 78.9 Å². The maximum absolute atomic E-state index is 9.76. The first-order valence-corrected chi connectivity index (χ1v) is 16.9. The largest absolute Gasteiger partial charge is 0.456 e. The number of fused-ring (bicyclic) bond motifs is 9. The summed E-state index contributed by atoms with van der Waals surface area (Å²) in [6, 6.07) is 43.8. The molecule has 0 aliphatic rings. The molecule has 0 N–H and O–H groups in total. The zero-order chi connectivity index (χ0) is 39.6. The second kappa shape index (κ2) is 10.8. The topological polar surface area (TPSA) is 23.0 Å². The van der Waals surface area contributed by atoms with Gasteiger partial charge in [0.2, 0.25) is 0 Å². The summed E-state index contributed by atoms with van der Waals surface area (Å²) < 4.78 is 74.0. The Bertz CT molecular complexity index is 3530. The summed E-state index contributed by atoms with van der Waals surface area (Å²) in [7, 11) is 0. The monoisotopic (exact) mass is 657 g/mol. The quantitative estimate of drug-likeness (QED) is 0.185. The van der Waals surface area contributed by atoms with Gasteiger partial charge in [0, 0.05) is 55.3 Å². The summed E-state index contributed by atoms with van der Waals surface area (Å²) in [6.07, 6.45) is 0. The molecule has 0 saturated heterocycles. The molecule has 8 aromatic carbocycles. The first-order valence-electron chi connectivity index (χ1n) is 20.4. The minimum absolute atomic E-state index is 0.0795. The minimum atomic E-state index is -0.420. The number of aromatic nitrogens is 2. The van der Waals surface area contributed by atoms with Gasteiger partial charge in [-0.05, 0) is 77.3 Å². The van der Waals surface area contributed by atoms with Gasteiger partial charge in [-0.2, -0.15) is 0 Å². The van der Waals surface area contributed by atoms with Crippen LogP contribution in [-0.2, 0) is 0 Å². The van der Waals surface area contributed by atoms with Gasteiger partial charge in [0.1, 0.15) is 11.2 Å². The van der Waals surface area contributed by atoms with Crippen LogP contribution < -0.4 is 0 Å². The Morgan fingerprint density at radius 2 is 1.18 bits per heavy atom. The lowest BCUT2D eigenvalue weighted by Crippen LogP contribution is -1.95. The summed E-state index contributed by atoms with van der Waals surface area (Å²) in [5, 5.41) is 4.27. The van der Waals surface area contributed by atoms with Crippen LogP contribution in [0, 0.1) is 0 Å². The van der Waals surface area contributed by atoms with E-state index in [4.69, 9.17) is 9.90 Å². The van der Waals surface area contributed by atoms with E-state index in [0.717, 1.165) is 60.6 Å². The van der Waals surface area contributed by atoms with Crippen LogP contribution in [-0.4, -0.2) is 9.13 Å². The highest BCUT2D eigenvalue weighted by molar-refractivity contribution is 6.16. The average molecular weight is 658 g/mol. The van der Waals surface area contributed by atoms with Crippen LogP contribution in [0.1, 0.15) is 9.60 Å².